The Bertz CT molecular complexity index is 714. The fourth-order valence-corrected chi connectivity index (χ4v) is 2.29. The van der Waals surface area contributed by atoms with E-state index in [1.165, 1.54) is 0 Å². The summed E-state index contributed by atoms with van der Waals surface area (Å²) in [4.78, 5) is 24.0. The first kappa shape index (κ1) is 18.5. The lowest BCUT2D eigenvalue weighted by molar-refractivity contribution is -0.116. The molecule has 2 aromatic carbocycles. The van der Waals surface area contributed by atoms with Gasteiger partial charge in [-0.15, -0.1) is 0 Å². The highest BCUT2D eigenvalue weighted by atomic mass is 16.5. The van der Waals surface area contributed by atoms with Crippen molar-refractivity contribution in [2.45, 2.75) is 19.8 Å². The van der Waals surface area contributed by atoms with Gasteiger partial charge in [0, 0.05) is 13.0 Å². The van der Waals surface area contributed by atoms with Crippen molar-refractivity contribution >= 4 is 23.2 Å². The van der Waals surface area contributed by atoms with Crippen LogP contribution < -0.4 is 21.1 Å². The smallest absolute Gasteiger partial charge is 0.228 e. The lowest BCUT2D eigenvalue weighted by Crippen LogP contribution is -2.19. The van der Waals surface area contributed by atoms with Gasteiger partial charge in [-0.2, -0.15) is 0 Å². The molecule has 25 heavy (non-hydrogen) atoms. The van der Waals surface area contributed by atoms with Crippen LogP contribution in [0.1, 0.15) is 18.9 Å². The molecule has 6 nitrogen and oxygen atoms in total. The summed E-state index contributed by atoms with van der Waals surface area (Å²) in [5, 5.41) is 5.58. The number of carbonyl (C=O) groups is 2. The van der Waals surface area contributed by atoms with Crippen LogP contribution in [0.4, 0.5) is 11.4 Å². The summed E-state index contributed by atoms with van der Waals surface area (Å²) in [5.74, 6) is 0.431. The lowest BCUT2D eigenvalue weighted by Gasteiger charge is -2.12. The molecule has 0 fully saturated rings. The van der Waals surface area contributed by atoms with E-state index in [9.17, 15) is 9.59 Å². The van der Waals surface area contributed by atoms with Crippen LogP contribution in [0, 0.1) is 0 Å². The van der Waals surface area contributed by atoms with E-state index in [2.05, 4.69) is 10.6 Å². The molecule has 0 radical (unpaired) electrons. The van der Waals surface area contributed by atoms with E-state index in [1.807, 2.05) is 31.2 Å². The zero-order valence-corrected chi connectivity index (χ0v) is 14.2. The molecule has 0 aliphatic rings. The van der Waals surface area contributed by atoms with E-state index >= 15 is 0 Å². The van der Waals surface area contributed by atoms with Crippen LogP contribution in [0.5, 0.6) is 5.75 Å². The Balaban J connectivity index is 1.99. The number of ether oxygens (including phenoxy) is 1. The van der Waals surface area contributed by atoms with Crippen LogP contribution in [0.15, 0.2) is 48.5 Å². The van der Waals surface area contributed by atoms with Gasteiger partial charge in [-0.3, -0.25) is 9.59 Å². The van der Waals surface area contributed by atoms with Gasteiger partial charge in [0.25, 0.3) is 0 Å². The monoisotopic (exact) mass is 341 g/mol. The van der Waals surface area contributed by atoms with E-state index in [0.29, 0.717) is 18.0 Å². The fraction of sp³-hybridized carbons (Fsp3) is 0.263. The second-order valence-corrected chi connectivity index (χ2v) is 5.43. The third kappa shape index (κ3) is 5.93. The number of carbonyl (C=O) groups excluding carboxylic acids is 2. The number of hydrogen-bond acceptors (Lipinski definition) is 4. The van der Waals surface area contributed by atoms with E-state index in [0.717, 1.165) is 11.3 Å². The molecular weight excluding hydrogens is 318 g/mol. The van der Waals surface area contributed by atoms with Crippen LogP contribution in [0.2, 0.25) is 0 Å². The van der Waals surface area contributed by atoms with E-state index in [1.54, 1.807) is 24.3 Å². The van der Waals surface area contributed by atoms with Crippen molar-refractivity contribution in [1.29, 1.82) is 0 Å². The predicted octanol–water partition coefficient (Wildman–Crippen LogP) is 2.55. The standard InChI is InChI=1S/C19H23N3O3/c1-2-25-15-9-7-14(8-10-15)13-19(24)22-17-6-4-3-5-16(17)21-18(23)11-12-20/h3-10H,2,11-13,20H2,1H3,(H,21,23)(H,22,24). The van der Waals surface area contributed by atoms with Crippen LogP contribution in [-0.2, 0) is 16.0 Å². The number of hydrogen-bond donors (Lipinski definition) is 3. The molecule has 2 amide bonds. The van der Waals surface area contributed by atoms with Crippen LogP contribution in [0.3, 0.4) is 0 Å². The topological polar surface area (TPSA) is 93.5 Å². The van der Waals surface area contributed by atoms with Crippen molar-refractivity contribution in [3.05, 3.63) is 54.1 Å². The molecule has 0 aliphatic carbocycles. The second kappa shape index (κ2) is 9.44. The second-order valence-electron chi connectivity index (χ2n) is 5.43. The Kier molecular flexibility index (Phi) is 6.98. The summed E-state index contributed by atoms with van der Waals surface area (Å²) in [6.07, 6.45) is 0.464. The molecule has 0 saturated heterocycles. The first-order valence-corrected chi connectivity index (χ1v) is 8.23. The Morgan fingerprint density at radius 3 is 2.12 bits per heavy atom. The third-order valence-electron chi connectivity index (χ3n) is 3.45. The number of amides is 2. The fourth-order valence-electron chi connectivity index (χ4n) is 2.29. The summed E-state index contributed by atoms with van der Waals surface area (Å²) in [7, 11) is 0. The van der Waals surface area contributed by atoms with Crippen molar-refractivity contribution < 1.29 is 14.3 Å². The van der Waals surface area contributed by atoms with Gasteiger partial charge in [-0.25, -0.2) is 0 Å². The van der Waals surface area contributed by atoms with Crippen LogP contribution >= 0.6 is 0 Å². The molecule has 0 unspecified atom stereocenters. The minimum absolute atomic E-state index is 0.162. The molecule has 0 spiro atoms. The number of para-hydroxylation sites is 2. The number of nitrogens with one attached hydrogen (secondary N) is 2. The molecule has 0 heterocycles. The summed E-state index contributed by atoms with van der Waals surface area (Å²) < 4.78 is 5.38. The number of nitrogens with two attached hydrogens (primary N) is 1. The van der Waals surface area contributed by atoms with Gasteiger partial charge in [0.05, 0.1) is 24.4 Å². The minimum Gasteiger partial charge on any atom is -0.494 e. The van der Waals surface area contributed by atoms with Crippen molar-refractivity contribution in [2.75, 3.05) is 23.8 Å². The number of benzene rings is 2. The Labute approximate surface area is 147 Å². The van der Waals surface area contributed by atoms with Crippen molar-refractivity contribution in [2.24, 2.45) is 5.73 Å². The SMILES string of the molecule is CCOc1ccc(CC(=O)Nc2ccccc2NC(=O)CCN)cc1. The maximum absolute atomic E-state index is 12.3. The average molecular weight is 341 g/mol. The van der Waals surface area contributed by atoms with Crippen LogP contribution in [0.25, 0.3) is 0 Å². The Morgan fingerprint density at radius 1 is 0.960 bits per heavy atom. The molecule has 0 aromatic heterocycles. The van der Waals surface area contributed by atoms with Gasteiger partial charge in [-0.05, 0) is 36.8 Å². The van der Waals surface area contributed by atoms with E-state index in [4.69, 9.17) is 10.5 Å². The molecule has 0 aliphatic heterocycles. The maximum atomic E-state index is 12.3. The summed E-state index contributed by atoms with van der Waals surface area (Å²) in [6.45, 7) is 2.80. The minimum atomic E-state index is -0.185. The molecule has 2 aromatic rings. The zero-order valence-electron chi connectivity index (χ0n) is 14.2. The maximum Gasteiger partial charge on any atom is 0.228 e. The molecule has 0 atom stereocenters. The summed E-state index contributed by atoms with van der Waals surface area (Å²) in [5.41, 5.74) is 7.37. The Hall–Kier alpha value is -2.86. The molecular formula is C19H23N3O3. The number of anilines is 2. The van der Waals surface area contributed by atoms with Crippen molar-refractivity contribution in [3.63, 3.8) is 0 Å². The van der Waals surface area contributed by atoms with Crippen molar-refractivity contribution in [3.8, 4) is 5.75 Å². The van der Waals surface area contributed by atoms with Gasteiger partial charge < -0.3 is 21.1 Å². The molecule has 2 rings (SSSR count). The summed E-state index contributed by atoms with van der Waals surface area (Å²) in [6, 6.07) is 14.5. The normalized spacial score (nSPS) is 10.2. The lowest BCUT2D eigenvalue weighted by atomic mass is 10.1. The first-order chi connectivity index (χ1) is 12.1. The molecule has 6 heteroatoms. The largest absolute Gasteiger partial charge is 0.494 e. The zero-order chi connectivity index (χ0) is 18.1. The Morgan fingerprint density at radius 2 is 1.56 bits per heavy atom. The summed E-state index contributed by atoms with van der Waals surface area (Å²) >= 11 is 0. The molecule has 0 saturated carbocycles. The van der Waals surface area contributed by atoms with Crippen molar-refractivity contribution in [1.82, 2.24) is 0 Å². The van der Waals surface area contributed by atoms with E-state index < -0.39 is 0 Å². The highest BCUT2D eigenvalue weighted by molar-refractivity contribution is 6.00. The number of rotatable bonds is 8. The van der Waals surface area contributed by atoms with Gasteiger partial charge in [0.1, 0.15) is 5.75 Å². The highest BCUT2D eigenvalue weighted by Gasteiger charge is 2.10. The van der Waals surface area contributed by atoms with Gasteiger partial charge >= 0.3 is 0 Å². The predicted molar refractivity (Wildman–Crippen MR) is 98.7 cm³/mol. The molecule has 132 valence electrons. The van der Waals surface area contributed by atoms with Crippen LogP contribution in [-0.4, -0.2) is 25.0 Å². The van der Waals surface area contributed by atoms with Gasteiger partial charge in [0.15, 0.2) is 0 Å². The first-order valence-electron chi connectivity index (χ1n) is 8.23. The third-order valence-corrected chi connectivity index (χ3v) is 3.45. The van der Waals surface area contributed by atoms with E-state index in [-0.39, 0.29) is 31.2 Å². The van der Waals surface area contributed by atoms with Gasteiger partial charge in [-0.1, -0.05) is 24.3 Å². The quantitative estimate of drug-likeness (QED) is 0.688. The highest BCUT2D eigenvalue weighted by Crippen LogP contribution is 2.21. The molecule has 4 N–H and O–H groups in total. The molecule has 0 bridgehead atoms. The van der Waals surface area contributed by atoms with Gasteiger partial charge in [0.2, 0.25) is 11.8 Å². The average Bonchev–Trinajstić information content (AvgIpc) is 2.59.